The van der Waals surface area contributed by atoms with Crippen molar-refractivity contribution < 1.29 is 8.78 Å². The Kier molecular flexibility index (Phi) is 3.43. The standard InChI is InChI=1S/C14H12F2N2S2/c1-2-10(11-4-3-7-20-11)18-13-9(17-14(18)19)6-5-8(15)12(13)16/h3-7,10H,2H2,1H3,(H,17,19). The third kappa shape index (κ3) is 1.99. The van der Waals surface area contributed by atoms with Crippen molar-refractivity contribution in [3.8, 4) is 0 Å². The van der Waals surface area contributed by atoms with Gasteiger partial charge in [-0.3, -0.25) is 0 Å². The molecule has 0 aliphatic carbocycles. The topological polar surface area (TPSA) is 20.7 Å². The lowest BCUT2D eigenvalue weighted by molar-refractivity contribution is 0.504. The molecule has 20 heavy (non-hydrogen) atoms. The molecule has 0 aliphatic heterocycles. The molecule has 1 unspecified atom stereocenters. The van der Waals surface area contributed by atoms with Crippen molar-refractivity contribution in [2.24, 2.45) is 0 Å². The number of H-pyrrole nitrogens is 1. The van der Waals surface area contributed by atoms with Crippen LogP contribution in [-0.2, 0) is 0 Å². The molecule has 6 heteroatoms. The number of imidazole rings is 1. The predicted molar refractivity (Wildman–Crippen MR) is 79.8 cm³/mol. The normalized spacial score (nSPS) is 12.9. The van der Waals surface area contributed by atoms with Gasteiger partial charge in [-0.1, -0.05) is 13.0 Å². The van der Waals surface area contributed by atoms with Crippen LogP contribution in [0.15, 0.2) is 29.6 Å². The lowest BCUT2D eigenvalue weighted by Crippen LogP contribution is -2.09. The highest BCUT2D eigenvalue weighted by molar-refractivity contribution is 7.71. The van der Waals surface area contributed by atoms with Crippen molar-refractivity contribution in [1.82, 2.24) is 9.55 Å². The fourth-order valence-corrected chi connectivity index (χ4v) is 3.67. The Labute approximate surface area is 123 Å². The van der Waals surface area contributed by atoms with Crippen LogP contribution in [0.4, 0.5) is 8.78 Å². The molecule has 0 aliphatic rings. The first-order valence-electron chi connectivity index (χ1n) is 6.25. The third-order valence-corrected chi connectivity index (χ3v) is 4.61. The van der Waals surface area contributed by atoms with Gasteiger partial charge in [-0.15, -0.1) is 11.3 Å². The molecule has 0 spiro atoms. The summed E-state index contributed by atoms with van der Waals surface area (Å²) >= 11 is 6.88. The van der Waals surface area contributed by atoms with Gasteiger partial charge in [-0.05, 0) is 42.2 Å². The van der Waals surface area contributed by atoms with Crippen LogP contribution in [-0.4, -0.2) is 9.55 Å². The van der Waals surface area contributed by atoms with Gasteiger partial charge in [0.1, 0.15) is 5.52 Å². The zero-order valence-electron chi connectivity index (χ0n) is 10.7. The van der Waals surface area contributed by atoms with Gasteiger partial charge in [0, 0.05) is 4.88 Å². The highest BCUT2D eigenvalue weighted by atomic mass is 32.1. The number of nitrogens with one attached hydrogen (secondary N) is 1. The zero-order valence-corrected chi connectivity index (χ0v) is 12.3. The average Bonchev–Trinajstić information content (AvgIpc) is 3.05. The Hall–Kier alpha value is -1.53. The molecule has 0 bridgehead atoms. The van der Waals surface area contributed by atoms with E-state index in [2.05, 4.69) is 4.98 Å². The minimum Gasteiger partial charge on any atom is -0.330 e. The number of benzene rings is 1. The first-order valence-corrected chi connectivity index (χ1v) is 7.54. The largest absolute Gasteiger partial charge is 0.330 e. The fourth-order valence-electron chi connectivity index (χ4n) is 2.44. The maximum atomic E-state index is 14.2. The molecule has 0 saturated heterocycles. The average molecular weight is 310 g/mol. The highest BCUT2D eigenvalue weighted by Crippen LogP contribution is 2.31. The molecule has 2 heterocycles. The lowest BCUT2D eigenvalue weighted by atomic mass is 10.1. The first kappa shape index (κ1) is 13.5. The smallest absolute Gasteiger partial charge is 0.184 e. The van der Waals surface area contributed by atoms with Crippen LogP contribution < -0.4 is 0 Å². The quantitative estimate of drug-likeness (QED) is 0.672. The number of hydrogen-bond donors (Lipinski definition) is 1. The van der Waals surface area contributed by atoms with E-state index in [9.17, 15) is 8.78 Å². The Morgan fingerprint density at radius 2 is 2.15 bits per heavy atom. The molecular formula is C14H12F2N2S2. The summed E-state index contributed by atoms with van der Waals surface area (Å²) in [5.41, 5.74) is 0.721. The second kappa shape index (κ2) is 5.10. The highest BCUT2D eigenvalue weighted by Gasteiger charge is 2.20. The number of fused-ring (bicyclic) bond motifs is 1. The van der Waals surface area contributed by atoms with E-state index in [1.54, 1.807) is 15.9 Å². The van der Waals surface area contributed by atoms with Crippen molar-refractivity contribution in [1.29, 1.82) is 0 Å². The number of nitrogens with zero attached hydrogens (tertiary/aromatic N) is 1. The van der Waals surface area contributed by atoms with Crippen molar-refractivity contribution >= 4 is 34.6 Å². The lowest BCUT2D eigenvalue weighted by Gasteiger charge is -2.16. The minimum atomic E-state index is -0.860. The van der Waals surface area contributed by atoms with Crippen LogP contribution in [0.2, 0.25) is 0 Å². The summed E-state index contributed by atoms with van der Waals surface area (Å²) < 4.78 is 29.7. The third-order valence-electron chi connectivity index (χ3n) is 3.34. The Morgan fingerprint density at radius 1 is 1.35 bits per heavy atom. The number of rotatable bonds is 3. The van der Waals surface area contributed by atoms with Crippen molar-refractivity contribution in [3.63, 3.8) is 0 Å². The van der Waals surface area contributed by atoms with Gasteiger partial charge >= 0.3 is 0 Å². The number of thiophene rings is 1. The van der Waals surface area contributed by atoms with Crippen LogP contribution in [0.5, 0.6) is 0 Å². The summed E-state index contributed by atoms with van der Waals surface area (Å²) in [6.07, 6.45) is 0.748. The molecule has 2 aromatic heterocycles. The molecule has 104 valence electrons. The van der Waals surface area contributed by atoms with Gasteiger partial charge in [-0.25, -0.2) is 8.78 Å². The molecule has 0 amide bonds. The summed E-state index contributed by atoms with van der Waals surface area (Å²) in [7, 11) is 0. The van der Waals surface area contributed by atoms with E-state index in [1.807, 2.05) is 24.4 Å². The molecule has 0 fully saturated rings. The summed E-state index contributed by atoms with van der Waals surface area (Å²) in [5, 5.41) is 1.97. The SMILES string of the molecule is CCC(c1cccs1)n1c(=S)[nH]c2ccc(F)c(F)c21. The van der Waals surface area contributed by atoms with Crippen LogP contribution >= 0.6 is 23.6 Å². The van der Waals surface area contributed by atoms with E-state index in [0.717, 1.165) is 17.4 Å². The number of aromatic amines is 1. The van der Waals surface area contributed by atoms with Crippen LogP contribution in [0.3, 0.4) is 0 Å². The van der Waals surface area contributed by atoms with Gasteiger partial charge in [0.25, 0.3) is 0 Å². The van der Waals surface area contributed by atoms with Gasteiger partial charge < -0.3 is 9.55 Å². The molecule has 0 radical (unpaired) electrons. The van der Waals surface area contributed by atoms with Gasteiger partial charge in [0.15, 0.2) is 16.4 Å². The second-order valence-electron chi connectivity index (χ2n) is 4.50. The Balaban J connectivity index is 2.32. The fraction of sp³-hybridized carbons (Fsp3) is 0.214. The van der Waals surface area contributed by atoms with Crippen molar-refractivity contribution in [2.45, 2.75) is 19.4 Å². The summed E-state index contributed by atoms with van der Waals surface area (Å²) in [4.78, 5) is 4.02. The second-order valence-corrected chi connectivity index (χ2v) is 5.86. The van der Waals surface area contributed by atoms with Crippen LogP contribution in [0, 0.1) is 16.4 Å². The maximum absolute atomic E-state index is 14.2. The number of aromatic nitrogens is 2. The van der Waals surface area contributed by atoms with Gasteiger partial charge in [0.05, 0.1) is 11.6 Å². The summed E-state index contributed by atoms with van der Waals surface area (Å²) in [5.74, 6) is -1.72. The van der Waals surface area contributed by atoms with E-state index in [-0.39, 0.29) is 11.6 Å². The van der Waals surface area contributed by atoms with E-state index >= 15 is 0 Å². The van der Waals surface area contributed by atoms with Crippen LogP contribution in [0.1, 0.15) is 24.3 Å². The van der Waals surface area contributed by atoms with E-state index in [4.69, 9.17) is 12.2 Å². The maximum Gasteiger partial charge on any atom is 0.184 e. The Bertz CT molecular complexity index is 803. The van der Waals surface area contributed by atoms with E-state index in [1.165, 1.54) is 6.07 Å². The number of hydrogen-bond acceptors (Lipinski definition) is 2. The number of halogens is 2. The first-order chi connectivity index (χ1) is 9.63. The summed E-state index contributed by atoms with van der Waals surface area (Å²) in [6, 6.07) is 6.46. The zero-order chi connectivity index (χ0) is 14.3. The molecular weight excluding hydrogens is 298 g/mol. The predicted octanol–water partition coefficient (Wildman–Crippen LogP) is 5.04. The molecule has 1 atom stereocenters. The van der Waals surface area contributed by atoms with Crippen molar-refractivity contribution in [3.05, 3.63) is 50.9 Å². The monoisotopic (exact) mass is 310 g/mol. The minimum absolute atomic E-state index is 0.0902. The molecule has 3 aromatic rings. The van der Waals surface area contributed by atoms with Crippen molar-refractivity contribution in [2.75, 3.05) is 0 Å². The molecule has 1 aromatic carbocycles. The van der Waals surface area contributed by atoms with Crippen LogP contribution in [0.25, 0.3) is 11.0 Å². The Morgan fingerprint density at radius 3 is 2.80 bits per heavy atom. The van der Waals surface area contributed by atoms with E-state index in [0.29, 0.717) is 10.3 Å². The summed E-state index contributed by atoms with van der Waals surface area (Å²) in [6.45, 7) is 2.00. The molecule has 1 N–H and O–H groups in total. The molecule has 3 rings (SSSR count). The molecule has 0 saturated carbocycles. The molecule has 2 nitrogen and oxygen atoms in total. The van der Waals surface area contributed by atoms with E-state index < -0.39 is 11.6 Å². The van der Waals surface area contributed by atoms with Gasteiger partial charge in [-0.2, -0.15) is 0 Å². The van der Waals surface area contributed by atoms with Gasteiger partial charge in [0.2, 0.25) is 0 Å².